The number of nitrogens with one attached hydrogen (secondary N) is 1. The average molecular weight is 255 g/mol. The molecule has 1 aliphatic rings. The zero-order valence-electron chi connectivity index (χ0n) is 10.7. The number of fused-ring (bicyclic) bond motifs is 1. The Morgan fingerprint density at radius 2 is 2.00 bits per heavy atom. The van der Waals surface area contributed by atoms with Crippen molar-refractivity contribution >= 4 is 16.7 Å². The maximum absolute atomic E-state index is 10.9. The van der Waals surface area contributed by atoms with Crippen molar-refractivity contribution in [3.05, 3.63) is 48.0 Å². The lowest BCUT2D eigenvalue weighted by atomic mass is 9.93. The monoisotopic (exact) mass is 255 g/mol. The highest BCUT2D eigenvalue weighted by Gasteiger charge is 2.29. The molecule has 2 aromatic carbocycles. The molecule has 1 unspecified atom stereocenters. The lowest BCUT2D eigenvalue weighted by molar-refractivity contribution is -0.139. The van der Waals surface area contributed by atoms with Crippen LogP contribution in [0.5, 0.6) is 0 Å². The molecule has 0 aliphatic carbocycles. The molecule has 3 nitrogen and oxygen atoms in total. The molecule has 19 heavy (non-hydrogen) atoms. The Bertz CT molecular complexity index is 603. The molecule has 1 aliphatic heterocycles. The molecule has 2 aromatic rings. The fourth-order valence-electron chi connectivity index (χ4n) is 2.93. The first-order valence-corrected chi connectivity index (χ1v) is 6.67. The Morgan fingerprint density at radius 1 is 1.21 bits per heavy atom. The molecule has 0 aromatic heterocycles. The molecule has 2 atom stereocenters. The number of carboxylic acids is 1. The Morgan fingerprint density at radius 3 is 2.79 bits per heavy atom. The van der Waals surface area contributed by atoms with Crippen molar-refractivity contribution in [1.29, 1.82) is 0 Å². The van der Waals surface area contributed by atoms with E-state index >= 15 is 0 Å². The van der Waals surface area contributed by atoms with Gasteiger partial charge in [0, 0.05) is 0 Å². The maximum atomic E-state index is 10.9. The molecule has 98 valence electrons. The van der Waals surface area contributed by atoms with Crippen LogP contribution in [-0.2, 0) is 11.2 Å². The topological polar surface area (TPSA) is 49.3 Å². The van der Waals surface area contributed by atoms with Gasteiger partial charge in [-0.05, 0) is 41.6 Å². The van der Waals surface area contributed by atoms with E-state index in [9.17, 15) is 4.79 Å². The number of carboxylic acid groups (broad SMARTS) is 1. The fourth-order valence-corrected chi connectivity index (χ4v) is 2.93. The summed E-state index contributed by atoms with van der Waals surface area (Å²) in [7, 11) is 0. The SMILES string of the molecule is O=C(O)[C@@H]1CC(Cc2cccc3ccccc23)CN1. The van der Waals surface area contributed by atoms with Crippen molar-refractivity contribution in [2.45, 2.75) is 18.9 Å². The molecule has 1 saturated heterocycles. The molecular weight excluding hydrogens is 238 g/mol. The molecule has 3 rings (SSSR count). The molecule has 2 N–H and O–H groups in total. The Hall–Kier alpha value is -1.87. The second-order valence-corrected chi connectivity index (χ2v) is 5.24. The zero-order valence-corrected chi connectivity index (χ0v) is 10.7. The molecule has 0 spiro atoms. The molecule has 3 heteroatoms. The van der Waals surface area contributed by atoms with Crippen LogP contribution in [0, 0.1) is 5.92 Å². The lowest BCUT2D eigenvalue weighted by Gasteiger charge is -2.11. The number of hydrogen-bond acceptors (Lipinski definition) is 2. The van der Waals surface area contributed by atoms with Crippen LogP contribution >= 0.6 is 0 Å². The van der Waals surface area contributed by atoms with Crippen LogP contribution in [0.1, 0.15) is 12.0 Å². The number of aliphatic carboxylic acids is 1. The molecular formula is C16H17NO2. The van der Waals surface area contributed by atoms with Gasteiger partial charge in [0.1, 0.15) is 6.04 Å². The van der Waals surface area contributed by atoms with Gasteiger partial charge < -0.3 is 10.4 Å². The van der Waals surface area contributed by atoms with Crippen molar-refractivity contribution in [2.24, 2.45) is 5.92 Å². The van der Waals surface area contributed by atoms with E-state index in [1.54, 1.807) is 0 Å². The fraction of sp³-hybridized carbons (Fsp3) is 0.312. The minimum Gasteiger partial charge on any atom is -0.480 e. The van der Waals surface area contributed by atoms with Crippen LogP contribution in [0.25, 0.3) is 10.8 Å². The highest BCUT2D eigenvalue weighted by molar-refractivity contribution is 5.85. The van der Waals surface area contributed by atoms with Gasteiger partial charge in [0.05, 0.1) is 0 Å². The largest absolute Gasteiger partial charge is 0.480 e. The first kappa shape index (κ1) is 12.2. The van der Waals surface area contributed by atoms with Crippen LogP contribution in [0.15, 0.2) is 42.5 Å². The van der Waals surface area contributed by atoms with Crippen LogP contribution in [0.3, 0.4) is 0 Å². The predicted molar refractivity (Wildman–Crippen MR) is 75.2 cm³/mol. The van der Waals surface area contributed by atoms with Gasteiger partial charge in [-0.25, -0.2) is 0 Å². The van der Waals surface area contributed by atoms with E-state index in [-0.39, 0.29) is 6.04 Å². The summed E-state index contributed by atoms with van der Waals surface area (Å²) < 4.78 is 0. The summed E-state index contributed by atoms with van der Waals surface area (Å²) in [5.41, 5.74) is 1.32. The molecule has 0 amide bonds. The number of rotatable bonds is 3. The van der Waals surface area contributed by atoms with Crippen LogP contribution in [0.2, 0.25) is 0 Å². The summed E-state index contributed by atoms with van der Waals surface area (Å²) in [6.07, 6.45) is 1.66. The summed E-state index contributed by atoms with van der Waals surface area (Å²) in [5.74, 6) is -0.327. The van der Waals surface area contributed by atoms with Crippen molar-refractivity contribution in [3.8, 4) is 0 Å². The van der Waals surface area contributed by atoms with Crippen LogP contribution in [-0.4, -0.2) is 23.7 Å². The van der Waals surface area contributed by atoms with Crippen LogP contribution < -0.4 is 5.32 Å². The highest BCUT2D eigenvalue weighted by Crippen LogP contribution is 2.25. The second kappa shape index (κ2) is 5.02. The number of benzene rings is 2. The highest BCUT2D eigenvalue weighted by atomic mass is 16.4. The lowest BCUT2D eigenvalue weighted by Crippen LogP contribution is -2.29. The van der Waals surface area contributed by atoms with Gasteiger partial charge in [-0.3, -0.25) is 4.79 Å². The van der Waals surface area contributed by atoms with Gasteiger partial charge in [0.15, 0.2) is 0 Å². The van der Waals surface area contributed by atoms with E-state index in [1.807, 2.05) is 6.07 Å². The summed E-state index contributed by atoms with van der Waals surface area (Å²) in [5, 5.41) is 14.6. The second-order valence-electron chi connectivity index (χ2n) is 5.24. The van der Waals surface area contributed by atoms with E-state index in [0.717, 1.165) is 19.4 Å². The first-order chi connectivity index (χ1) is 9.24. The van der Waals surface area contributed by atoms with Crippen molar-refractivity contribution in [1.82, 2.24) is 5.32 Å². The third-order valence-corrected chi connectivity index (χ3v) is 3.91. The smallest absolute Gasteiger partial charge is 0.320 e. The van der Waals surface area contributed by atoms with E-state index in [4.69, 9.17) is 5.11 Å². The quantitative estimate of drug-likeness (QED) is 0.885. The van der Waals surface area contributed by atoms with E-state index in [1.165, 1.54) is 16.3 Å². The van der Waals surface area contributed by atoms with Crippen molar-refractivity contribution < 1.29 is 9.90 Å². The Labute approximate surface area is 112 Å². The summed E-state index contributed by atoms with van der Waals surface area (Å²) in [6, 6.07) is 14.3. The summed E-state index contributed by atoms with van der Waals surface area (Å²) >= 11 is 0. The minimum atomic E-state index is -0.736. The predicted octanol–water partition coefficient (Wildman–Crippen LogP) is 2.45. The van der Waals surface area contributed by atoms with Crippen molar-refractivity contribution in [2.75, 3.05) is 6.54 Å². The molecule has 1 heterocycles. The minimum absolute atomic E-state index is 0.375. The van der Waals surface area contributed by atoms with Crippen LogP contribution in [0.4, 0.5) is 0 Å². The number of carbonyl (C=O) groups is 1. The van der Waals surface area contributed by atoms with Gasteiger partial charge in [0.25, 0.3) is 0 Å². The van der Waals surface area contributed by atoms with Gasteiger partial charge in [-0.15, -0.1) is 0 Å². The third-order valence-electron chi connectivity index (χ3n) is 3.91. The molecule has 0 bridgehead atoms. The Kier molecular flexibility index (Phi) is 3.22. The van der Waals surface area contributed by atoms with E-state index in [2.05, 4.69) is 41.7 Å². The zero-order chi connectivity index (χ0) is 13.2. The third kappa shape index (κ3) is 2.47. The molecule has 1 fully saturated rings. The molecule has 0 saturated carbocycles. The molecule has 0 radical (unpaired) electrons. The Balaban J connectivity index is 1.81. The van der Waals surface area contributed by atoms with Crippen molar-refractivity contribution in [3.63, 3.8) is 0 Å². The maximum Gasteiger partial charge on any atom is 0.320 e. The van der Waals surface area contributed by atoms with E-state index < -0.39 is 5.97 Å². The normalized spacial score (nSPS) is 22.7. The van der Waals surface area contributed by atoms with Gasteiger partial charge >= 0.3 is 5.97 Å². The standard InChI is InChI=1S/C16H17NO2/c18-16(19)15-9-11(10-17-15)8-13-6-3-5-12-4-1-2-7-14(12)13/h1-7,11,15,17H,8-10H2,(H,18,19)/t11?,15-/m0/s1. The number of hydrogen-bond donors (Lipinski definition) is 2. The van der Waals surface area contributed by atoms with Gasteiger partial charge in [-0.2, -0.15) is 0 Å². The van der Waals surface area contributed by atoms with Gasteiger partial charge in [-0.1, -0.05) is 42.5 Å². The average Bonchev–Trinajstić information content (AvgIpc) is 2.88. The van der Waals surface area contributed by atoms with Gasteiger partial charge in [0.2, 0.25) is 0 Å². The first-order valence-electron chi connectivity index (χ1n) is 6.67. The van der Waals surface area contributed by atoms with E-state index in [0.29, 0.717) is 5.92 Å². The summed E-state index contributed by atoms with van der Waals surface area (Å²) in [6.45, 7) is 0.792. The summed E-state index contributed by atoms with van der Waals surface area (Å²) in [4.78, 5) is 10.9.